The van der Waals surface area contributed by atoms with E-state index in [0.29, 0.717) is 9.87 Å². The number of amides is 2. The Morgan fingerprint density at radius 3 is 1.76 bits per heavy atom. The normalized spacial score (nSPS) is 14.4. The highest BCUT2D eigenvalue weighted by Crippen LogP contribution is 2.26. The molecule has 1 aliphatic heterocycles. The van der Waals surface area contributed by atoms with Crippen molar-refractivity contribution >= 4 is 21.8 Å². The summed E-state index contributed by atoms with van der Waals surface area (Å²) in [6.45, 7) is 0. The predicted molar refractivity (Wildman–Crippen MR) is 76.0 cm³/mol. The predicted octanol–water partition coefficient (Wildman–Crippen LogP) is 1.81. The van der Waals surface area contributed by atoms with Gasteiger partial charge >= 0.3 is 0 Å². The molecule has 0 unspecified atom stereocenters. The second kappa shape index (κ2) is 4.82. The van der Waals surface area contributed by atoms with Crippen LogP contribution in [0.15, 0.2) is 54.6 Å². The largest absolute Gasteiger partial charge is 0.275 e. The number of carbonyl (C=O) groups is 2. The van der Waals surface area contributed by atoms with E-state index in [1.807, 2.05) is 0 Å². The van der Waals surface area contributed by atoms with Crippen LogP contribution in [0.25, 0.3) is 0 Å². The number of sulfonamides is 1. The Kier molecular flexibility index (Phi) is 3.10. The Morgan fingerprint density at radius 1 is 0.762 bits per heavy atom. The lowest BCUT2D eigenvalue weighted by molar-refractivity contribution is 0.0765. The molecule has 0 radical (unpaired) electrons. The number of nitrogens with zero attached hydrogens (tertiary/aromatic N) is 1. The molecule has 0 N–H and O–H groups in total. The fourth-order valence-corrected chi connectivity index (χ4v) is 3.71. The Hall–Kier alpha value is -2.47. The van der Waals surface area contributed by atoms with Crippen LogP contribution in [0.4, 0.5) is 0 Å². The minimum absolute atomic E-state index is 0.124. The van der Waals surface area contributed by atoms with Crippen molar-refractivity contribution in [2.75, 3.05) is 0 Å². The topological polar surface area (TPSA) is 71.5 Å². The molecule has 1 aliphatic rings. The quantitative estimate of drug-likeness (QED) is 0.811. The fourth-order valence-electron chi connectivity index (χ4n) is 2.27. The molecule has 2 aromatic carbocycles. The average molecular weight is 301 g/mol. The van der Waals surface area contributed by atoms with Gasteiger partial charge in [-0.3, -0.25) is 9.59 Å². The third kappa shape index (κ3) is 2.23. The summed E-state index contributed by atoms with van der Waals surface area (Å²) in [6.07, 6.45) is 0. The molecule has 0 atom stereocenters. The van der Waals surface area contributed by atoms with Gasteiger partial charge in [-0.1, -0.05) is 42.5 Å². The van der Waals surface area contributed by atoms with E-state index in [1.165, 1.54) is 12.1 Å². The lowest BCUT2D eigenvalue weighted by Crippen LogP contribution is -2.36. The highest BCUT2D eigenvalue weighted by molar-refractivity contribution is 7.89. The highest BCUT2D eigenvalue weighted by atomic mass is 32.2. The number of fused-ring (bicyclic) bond motifs is 1. The maximum Gasteiger partial charge on any atom is 0.275 e. The van der Waals surface area contributed by atoms with E-state index in [2.05, 4.69) is 0 Å². The lowest BCUT2D eigenvalue weighted by Gasteiger charge is -2.14. The first kappa shape index (κ1) is 13.5. The van der Waals surface area contributed by atoms with Gasteiger partial charge in [0, 0.05) is 0 Å². The van der Waals surface area contributed by atoms with Crippen molar-refractivity contribution in [3.63, 3.8) is 0 Å². The molecule has 2 amide bonds. The fraction of sp³-hybridized carbons (Fsp3) is 0.0667. The van der Waals surface area contributed by atoms with Crippen molar-refractivity contribution in [1.82, 2.24) is 4.31 Å². The second-order valence-corrected chi connectivity index (χ2v) is 6.48. The molecule has 106 valence electrons. The number of hydrogen-bond donors (Lipinski definition) is 0. The summed E-state index contributed by atoms with van der Waals surface area (Å²) < 4.78 is 25.1. The molecule has 0 spiro atoms. The molecule has 0 aromatic heterocycles. The summed E-state index contributed by atoms with van der Waals surface area (Å²) in [6, 6.07) is 14.5. The molecule has 0 fully saturated rings. The molecule has 21 heavy (non-hydrogen) atoms. The van der Waals surface area contributed by atoms with E-state index in [9.17, 15) is 18.0 Å². The molecule has 5 nitrogen and oxygen atoms in total. The molecule has 6 heteroatoms. The molecule has 0 saturated carbocycles. The van der Waals surface area contributed by atoms with Gasteiger partial charge in [-0.2, -0.15) is 4.31 Å². The maximum atomic E-state index is 12.4. The molecule has 0 saturated heterocycles. The van der Waals surface area contributed by atoms with Crippen molar-refractivity contribution in [3.05, 3.63) is 71.3 Å². The Labute approximate surface area is 121 Å². The Bertz CT molecular complexity index is 793. The van der Waals surface area contributed by atoms with E-state index in [-0.39, 0.29) is 16.9 Å². The Morgan fingerprint density at radius 2 is 1.24 bits per heavy atom. The summed E-state index contributed by atoms with van der Waals surface area (Å²) in [5, 5.41) is 0. The smallest absolute Gasteiger partial charge is 0.267 e. The minimum atomic E-state index is -4.04. The van der Waals surface area contributed by atoms with Gasteiger partial charge in [-0.25, -0.2) is 8.42 Å². The summed E-state index contributed by atoms with van der Waals surface area (Å²) in [4.78, 5) is 24.3. The van der Waals surface area contributed by atoms with Gasteiger partial charge in [-0.05, 0) is 17.7 Å². The van der Waals surface area contributed by atoms with Gasteiger partial charge in [0.1, 0.15) is 0 Å². The molecular weight excluding hydrogens is 290 g/mol. The van der Waals surface area contributed by atoms with E-state index in [4.69, 9.17) is 0 Å². The maximum absolute atomic E-state index is 12.4. The molecule has 3 rings (SSSR count). The van der Waals surface area contributed by atoms with Crippen LogP contribution in [-0.2, 0) is 15.8 Å². The zero-order valence-corrected chi connectivity index (χ0v) is 11.7. The van der Waals surface area contributed by atoms with Crippen LogP contribution in [0.2, 0.25) is 0 Å². The summed E-state index contributed by atoms with van der Waals surface area (Å²) in [7, 11) is -4.04. The first-order valence-electron chi connectivity index (χ1n) is 6.25. The summed E-state index contributed by atoms with van der Waals surface area (Å²) in [5.41, 5.74) is 0.771. The SMILES string of the molecule is O=C1c2ccccc2C(=O)N1S(=O)(=O)Cc1ccccc1. The van der Waals surface area contributed by atoms with Crippen LogP contribution >= 0.6 is 0 Å². The summed E-state index contributed by atoms with van der Waals surface area (Å²) >= 11 is 0. The number of benzene rings is 2. The molecule has 0 aliphatic carbocycles. The van der Waals surface area contributed by atoms with Crippen LogP contribution in [-0.4, -0.2) is 24.5 Å². The van der Waals surface area contributed by atoms with Gasteiger partial charge in [0.15, 0.2) is 0 Å². The monoisotopic (exact) mass is 301 g/mol. The first-order valence-corrected chi connectivity index (χ1v) is 7.86. The van der Waals surface area contributed by atoms with Gasteiger partial charge in [0.05, 0.1) is 16.9 Å². The number of carbonyl (C=O) groups excluding carboxylic acids is 2. The number of imide groups is 1. The minimum Gasteiger partial charge on any atom is -0.267 e. The van der Waals surface area contributed by atoms with Crippen molar-refractivity contribution in [1.29, 1.82) is 0 Å². The van der Waals surface area contributed by atoms with Gasteiger partial charge in [0.25, 0.3) is 11.8 Å². The zero-order valence-electron chi connectivity index (χ0n) is 10.9. The van der Waals surface area contributed by atoms with Crippen LogP contribution in [0.3, 0.4) is 0 Å². The van der Waals surface area contributed by atoms with Crippen LogP contribution < -0.4 is 0 Å². The highest BCUT2D eigenvalue weighted by Gasteiger charge is 2.42. The summed E-state index contributed by atoms with van der Waals surface area (Å²) in [5.74, 6) is -1.96. The van der Waals surface area contributed by atoms with Gasteiger partial charge < -0.3 is 0 Å². The third-order valence-electron chi connectivity index (χ3n) is 3.23. The van der Waals surface area contributed by atoms with Crippen LogP contribution in [0.5, 0.6) is 0 Å². The molecule has 2 aromatic rings. The molecule has 0 bridgehead atoms. The number of rotatable bonds is 3. The van der Waals surface area contributed by atoms with Crippen LogP contribution in [0.1, 0.15) is 26.3 Å². The zero-order chi connectivity index (χ0) is 15.0. The van der Waals surface area contributed by atoms with E-state index in [1.54, 1.807) is 42.5 Å². The lowest BCUT2D eigenvalue weighted by atomic mass is 10.1. The first-order chi connectivity index (χ1) is 10.0. The van der Waals surface area contributed by atoms with E-state index < -0.39 is 21.8 Å². The van der Waals surface area contributed by atoms with E-state index in [0.717, 1.165) is 0 Å². The average Bonchev–Trinajstić information content (AvgIpc) is 2.72. The van der Waals surface area contributed by atoms with Crippen molar-refractivity contribution in [2.24, 2.45) is 0 Å². The number of hydrogen-bond acceptors (Lipinski definition) is 4. The second-order valence-electron chi connectivity index (χ2n) is 4.66. The van der Waals surface area contributed by atoms with Crippen LogP contribution in [0, 0.1) is 0 Å². The standard InChI is InChI=1S/C15H11NO4S/c17-14-12-8-4-5-9-13(12)15(18)16(14)21(19,20)10-11-6-2-1-3-7-11/h1-9H,10H2. The molecular formula is C15H11NO4S. The van der Waals surface area contributed by atoms with Crippen molar-refractivity contribution in [2.45, 2.75) is 5.75 Å². The van der Waals surface area contributed by atoms with E-state index >= 15 is 0 Å². The molecule has 1 heterocycles. The Balaban J connectivity index is 1.98. The van der Waals surface area contributed by atoms with Gasteiger partial charge in [0.2, 0.25) is 10.0 Å². The van der Waals surface area contributed by atoms with Crippen molar-refractivity contribution in [3.8, 4) is 0 Å². The van der Waals surface area contributed by atoms with Gasteiger partial charge in [-0.15, -0.1) is 0 Å². The third-order valence-corrected chi connectivity index (χ3v) is 4.81. The van der Waals surface area contributed by atoms with Crippen molar-refractivity contribution < 1.29 is 18.0 Å².